The number of piperidine rings is 1. The SMILES string of the molecule is COc1cccc(S(=O)(=O)N2CCCC[C@H]2c2ccn[nH]2)c1. The van der Waals surface area contributed by atoms with Crippen LogP contribution in [0.1, 0.15) is 31.0 Å². The minimum absolute atomic E-state index is 0.188. The zero-order valence-electron chi connectivity index (χ0n) is 12.4. The summed E-state index contributed by atoms with van der Waals surface area (Å²) in [5.74, 6) is 0.538. The second kappa shape index (κ2) is 6.10. The Morgan fingerprint density at radius 2 is 2.18 bits per heavy atom. The molecular formula is C15H19N3O3S. The third-order valence-electron chi connectivity index (χ3n) is 3.98. The molecule has 1 saturated heterocycles. The van der Waals surface area contributed by atoms with Gasteiger partial charge >= 0.3 is 0 Å². The molecule has 2 aromatic rings. The molecule has 1 aromatic carbocycles. The van der Waals surface area contributed by atoms with E-state index in [1.165, 1.54) is 7.11 Å². The first-order chi connectivity index (χ1) is 10.6. The second-order valence-corrected chi connectivity index (χ2v) is 7.21. The Morgan fingerprint density at radius 3 is 2.91 bits per heavy atom. The lowest BCUT2D eigenvalue weighted by Crippen LogP contribution is -2.38. The number of aromatic nitrogens is 2. The summed E-state index contributed by atoms with van der Waals surface area (Å²) >= 11 is 0. The van der Waals surface area contributed by atoms with E-state index in [0.29, 0.717) is 12.3 Å². The number of benzene rings is 1. The Labute approximate surface area is 130 Å². The molecule has 0 unspecified atom stereocenters. The molecule has 1 atom stereocenters. The van der Waals surface area contributed by atoms with E-state index in [0.717, 1.165) is 25.0 Å². The van der Waals surface area contributed by atoms with Crippen molar-refractivity contribution in [2.24, 2.45) is 0 Å². The van der Waals surface area contributed by atoms with Gasteiger partial charge in [-0.25, -0.2) is 8.42 Å². The summed E-state index contributed by atoms with van der Waals surface area (Å²) < 4.78 is 32.7. The Hall–Kier alpha value is -1.86. The molecule has 0 spiro atoms. The second-order valence-electron chi connectivity index (χ2n) is 5.32. The van der Waals surface area contributed by atoms with Crippen LogP contribution < -0.4 is 4.74 Å². The van der Waals surface area contributed by atoms with Gasteiger partial charge in [0.2, 0.25) is 10.0 Å². The molecule has 22 heavy (non-hydrogen) atoms. The number of nitrogens with one attached hydrogen (secondary N) is 1. The van der Waals surface area contributed by atoms with E-state index in [1.54, 1.807) is 34.8 Å². The number of hydrogen-bond donors (Lipinski definition) is 1. The molecule has 1 N–H and O–H groups in total. The smallest absolute Gasteiger partial charge is 0.243 e. The summed E-state index contributed by atoms with van der Waals surface area (Å²) in [6.45, 7) is 0.517. The lowest BCUT2D eigenvalue weighted by Gasteiger charge is -2.34. The third-order valence-corrected chi connectivity index (χ3v) is 5.89. The molecule has 1 aliphatic heterocycles. The van der Waals surface area contributed by atoms with Gasteiger partial charge in [0.1, 0.15) is 5.75 Å². The maximum atomic E-state index is 13.0. The van der Waals surface area contributed by atoms with Crippen LogP contribution in [-0.4, -0.2) is 36.6 Å². The van der Waals surface area contributed by atoms with Crippen LogP contribution in [0.15, 0.2) is 41.4 Å². The molecule has 0 aliphatic carbocycles. The number of nitrogens with zero attached hydrogens (tertiary/aromatic N) is 2. The molecule has 1 aliphatic rings. The predicted octanol–water partition coefficient (Wildman–Crippen LogP) is 2.33. The largest absolute Gasteiger partial charge is 0.497 e. The van der Waals surface area contributed by atoms with E-state index in [4.69, 9.17) is 4.74 Å². The highest BCUT2D eigenvalue weighted by Gasteiger charge is 2.35. The predicted molar refractivity (Wildman–Crippen MR) is 82.1 cm³/mol. The van der Waals surface area contributed by atoms with Gasteiger partial charge in [0, 0.05) is 18.8 Å². The molecule has 0 bridgehead atoms. The van der Waals surface area contributed by atoms with Crippen LogP contribution in [0.4, 0.5) is 0 Å². The number of rotatable bonds is 4. The monoisotopic (exact) mass is 321 g/mol. The quantitative estimate of drug-likeness (QED) is 0.938. The maximum Gasteiger partial charge on any atom is 0.243 e. The van der Waals surface area contributed by atoms with Crippen molar-refractivity contribution in [1.82, 2.24) is 14.5 Å². The van der Waals surface area contributed by atoms with Gasteiger partial charge in [-0.2, -0.15) is 9.40 Å². The average molecular weight is 321 g/mol. The molecule has 2 heterocycles. The Bertz CT molecular complexity index is 728. The molecule has 7 heteroatoms. The highest BCUT2D eigenvalue weighted by Crippen LogP contribution is 2.35. The molecule has 0 saturated carbocycles. The lowest BCUT2D eigenvalue weighted by atomic mass is 10.0. The van der Waals surface area contributed by atoms with Gasteiger partial charge in [-0.15, -0.1) is 0 Å². The summed E-state index contributed by atoms with van der Waals surface area (Å²) in [4.78, 5) is 0.262. The summed E-state index contributed by atoms with van der Waals surface area (Å²) in [7, 11) is -2.04. The van der Waals surface area contributed by atoms with Gasteiger partial charge in [-0.1, -0.05) is 12.5 Å². The van der Waals surface area contributed by atoms with Gasteiger partial charge in [-0.05, 0) is 31.0 Å². The van der Waals surface area contributed by atoms with Crippen molar-refractivity contribution in [3.63, 3.8) is 0 Å². The maximum absolute atomic E-state index is 13.0. The first-order valence-corrected chi connectivity index (χ1v) is 8.72. The fourth-order valence-electron chi connectivity index (χ4n) is 2.85. The summed E-state index contributed by atoms with van der Waals surface area (Å²) in [5.41, 5.74) is 0.839. The van der Waals surface area contributed by atoms with Crippen LogP contribution in [0, 0.1) is 0 Å². The summed E-state index contributed by atoms with van der Waals surface area (Å²) in [5, 5.41) is 6.85. The third kappa shape index (κ3) is 2.74. The van der Waals surface area contributed by atoms with E-state index in [9.17, 15) is 8.42 Å². The zero-order chi connectivity index (χ0) is 15.6. The Kier molecular flexibility index (Phi) is 4.17. The fourth-order valence-corrected chi connectivity index (χ4v) is 4.56. The van der Waals surface area contributed by atoms with Crippen molar-refractivity contribution in [3.8, 4) is 5.75 Å². The van der Waals surface area contributed by atoms with E-state index in [2.05, 4.69) is 10.2 Å². The van der Waals surface area contributed by atoms with Crippen molar-refractivity contribution < 1.29 is 13.2 Å². The fraction of sp³-hybridized carbons (Fsp3) is 0.400. The van der Waals surface area contributed by atoms with Crippen molar-refractivity contribution in [2.75, 3.05) is 13.7 Å². The molecule has 6 nitrogen and oxygen atoms in total. The van der Waals surface area contributed by atoms with Crippen LogP contribution in [-0.2, 0) is 10.0 Å². The molecular weight excluding hydrogens is 302 g/mol. The number of sulfonamides is 1. The standard InChI is InChI=1S/C15H19N3O3S/c1-21-12-5-4-6-13(11-12)22(19,20)18-10-3-2-7-15(18)14-8-9-16-17-14/h4-6,8-9,11,15H,2-3,7,10H2,1H3,(H,16,17)/t15-/m0/s1. The number of ether oxygens (including phenoxy) is 1. The lowest BCUT2D eigenvalue weighted by molar-refractivity contribution is 0.251. The molecule has 1 aromatic heterocycles. The van der Waals surface area contributed by atoms with Crippen LogP contribution in [0.2, 0.25) is 0 Å². The number of aromatic amines is 1. The normalized spacial score (nSPS) is 20.0. The first kappa shape index (κ1) is 15.1. The van der Waals surface area contributed by atoms with Crippen LogP contribution in [0.5, 0.6) is 5.75 Å². The summed E-state index contributed by atoms with van der Waals surface area (Å²) in [6, 6.07) is 8.25. The van der Waals surface area contributed by atoms with Crippen molar-refractivity contribution in [3.05, 3.63) is 42.2 Å². The highest BCUT2D eigenvalue weighted by atomic mass is 32.2. The summed E-state index contributed by atoms with van der Waals surface area (Å²) in [6.07, 6.45) is 4.33. The number of methoxy groups -OCH3 is 1. The number of hydrogen-bond acceptors (Lipinski definition) is 4. The molecule has 1 fully saturated rings. The van der Waals surface area contributed by atoms with Crippen molar-refractivity contribution in [2.45, 2.75) is 30.2 Å². The van der Waals surface area contributed by atoms with Gasteiger partial charge in [-0.3, -0.25) is 5.10 Å². The van der Waals surface area contributed by atoms with Crippen LogP contribution in [0.3, 0.4) is 0 Å². The van der Waals surface area contributed by atoms with E-state index in [1.807, 2.05) is 6.07 Å². The Morgan fingerprint density at radius 1 is 1.32 bits per heavy atom. The Balaban J connectivity index is 1.98. The van der Waals surface area contributed by atoms with Crippen molar-refractivity contribution >= 4 is 10.0 Å². The molecule has 3 rings (SSSR count). The van der Waals surface area contributed by atoms with Crippen molar-refractivity contribution in [1.29, 1.82) is 0 Å². The highest BCUT2D eigenvalue weighted by molar-refractivity contribution is 7.89. The average Bonchev–Trinajstić information content (AvgIpc) is 3.09. The molecule has 118 valence electrons. The minimum atomic E-state index is -3.56. The van der Waals surface area contributed by atoms with E-state index >= 15 is 0 Å². The van der Waals surface area contributed by atoms with Gasteiger partial charge < -0.3 is 4.74 Å². The van der Waals surface area contributed by atoms with Crippen LogP contribution >= 0.6 is 0 Å². The topological polar surface area (TPSA) is 75.3 Å². The molecule has 0 radical (unpaired) electrons. The molecule has 0 amide bonds. The van der Waals surface area contributed by atoms with E-state index in [-0.39, 0.29) is 10.9 Å². The first-order valence-electron chi connectivity index (χ1n) is 7.28. The van der Waals surface area contributed by atoms with Gasteiger partial charge in [0.05, 0.1) is 23.7 Å². The zero-order valence-corrected chi connectivity index (χ0v) is 13.2. The van der Waals surface area contributed by atoms with E-state index < -0.39 is 10.0 Å². The minimum Gasteiger partial charge on any atom is -0.497 e. The van der Waals surface area contributed by atoms with Gasteiger partial charge in [0.15, 0.2) is 0 Å². The van der Waals surface area contributed by atoms with Gasteiger partial charge in [0.25, 0.3) is 0 Å². The number of H-pyrrole nitrogens is 1. The van der Waals surface area contributed by atoms with Crippen LogP contribution in [0.25, 0.3) is 0 Å².